The number of carbonyl (C=O) groups excluding carboxylic acids is 1. The van der Waals surface area contributed by atoms with Crippen LogP contribution in [0.25, 0.3) is 0 Å². The number of nitrogens with zero attached hydrogens (tertiary/aromatic N) is 1. The van der Waals surface area contributed by atoms with Crippen molar-refractivity contribution in [3.8, 4) is 0 Å². The number of nitro benzene ring substituents is 1. The van der Waals surface area contributed by atoms with Crippen molar-refractivity contribution in [1.82, 2.24) is 5.32 Å². The van der Waals surface area contributed by atoms with E-state index < -0.39 is 10.8 Å². The van der Waals surface area contributed by atoms with Gasteiger partial charge >= 0.3 is 0 Å². The van der Waals surface area contributed by atoms with Crippen molar-refractivity contribution < 1.29 is 9.72 Å². The predicted octanol–water partition coefficient (Wildman–Crippen LogP) is 4.00. The van der Waals surface area contributed by atoms with E-state index in [1.165, 1.54) is 23.8 Å². The topological polar surface area (TPSA) is 72.2 Å². The Morgan fingerprint density at radius 1 is 1.13 bits per heavy atom. The summed E-state index contributed by atoms with van der Waals surface area (Å²) in [6.07, 6.45) is 2.73. The Morgan fingerprint density at radius 2 is 1.87 bits per heavy atom. The van der Waals surface area contributed by atoms with Crippen LogP contribution in [0.1, 0.15) is 28.8 Å². The van der Waals surface area contributed by atoms with Crippen molar-refractivity contribution in [3.05, 3.63) is 74.8 Å². The monoisotopic (exact) mass is 332 g/mol. The fraction of sp³-hybridized carbons (Fsp3) is 0.235. The molecule has 2 aromatic rings. The van der Waals surface area contributed by atoms with Crippen LogP contribution in [0.2, 0.25) is 5.02 Å². The van der Waals surface area contributed by atoms with Gasteiger partial charge in [-0.3, -0.25) is 14.9 Å². The van der Waals surface area contributed by atoms with Gasteiger partial charge in [-0.1, -0.05) is 41.9 Å². The van der Waals surface area contributed by atoms with Crippen molar-refractivity contribution in [3.63, 3.8) is 0 Å². The number of non-ortho nitro benzene ring substituents is 1. The molecule has 5 nitrogen and oxygen atoms in total. The summed E-state index contributed by atoms with van der Waals surface area (Å²) in [5.74, 6) is -0.390. The van der Waals surface area contributed by atoms with Crippen molar-refractivity contribution in [1.29, 1.82) is 0 Å². The molecule has 0 radical (unpaired) electrons. The smallest absolute Gasteiger partial charge is 0.270 e. The van der Waals surface area contributed by atoms with Crippen molar-refractivity contribution in [2.24, 2.45) is 0 Å². The van der Waals surface area contributed by atoms with Gasteiger partial charge in [-0.15, -0.1) is 0 Å². The number of unbranched alkanes of at least 4 members (excludes halogenated alkanes) is 1. The highest BCUT2D eigenvalue weighted by atomic mass is 35.5. The average Bonchev–Trinajstić information content (AvgIpc) is 2.55. The second kappa shape index (κ2) is 8.29. The second-order valence-electron chi connectivity index (χ2n) is 5.12. The van der Waals surface area contributed by atoms with Gasteiger partial charge in [-0.2, -0.15) is 0 Å². The molecule has 2 aromatic carbocycles. The Morgan fingerprint density at radius 3 is 2.57 bits per heavy atom. The Labute approximate surface area is 139 Å². The number of nitro groups is 1. The molecule has 0 aliphatic rings. The lowest BCUT2D eigenvalue weighted by molar-refractivity contribution is -0.384. The molecule has 0 aliphatic heterocycles. The number of rotatable bonds is 7. The third-order valence-corrected chi connectivity index (χ3v) is 3.76. The zero-order valence-corrected chi connectivity index (χ0v) is 13.3. The average molecular weight is 333 g/mol. The minimum absolute atomic E-state index is 0.129. The largest absolute Gasteiger partial charge is 0.352 e. The zero-order valence-electron chi connectivity index (χ0n) is 12.5. The molecule has 0 saturated heterocycles. The van der Waals surface area contributed by atoms with E-state index in [-0.39, 0.29) is 16.3 Å². The summed E-state index contributed by atoms with van der Waals surface area (Å²) in [4.78, 5) is 22.3. The minimum atomic E-state index is -0.549. The van der Waals surface area contributed by atoms with Crippen molar-refractivity contribution >= 4 is 23.2 Å². The van der Waals surface area contributed by atoms with Crippen LogP contribution in [0.3, 0.4) is 0 Å². The van der Waals surface area contributed by atoms with Crippen LogP contribution in [0, 0.1) is 10.1 Å². The SMILES string of the molecule is O=C(NCCCCc1ccccc1)c1cc([N+](=O)[O-])ccc1Cl. The lowest BCUT2D eigenvalue weighted by atomic mass is 10.1. The molecule has 23 heavy (non-hydrogen) atoms. The van der Waals surface area contributed by atoms with E-state index in [1.54, 1.807) is 0 Å². The quantitative estimate of drug-likeness (QED) is 0.473. The van der Waals surface area contributed by atoms with E-state index >= 15 is 0 Å². The normalized spacial score (nSPS) is 10.3. The summed E-state index contributed by atoms with van der Waals surface area (Å²) in [6, 6.07) is 14.0. The molecule has 0 unspecified atom stereocenters. The number of hydrogen-bond donors (Lipinski definition) is 1. The molecule has 0 saturated carbocycles. The molecular weight excluding hydrogens is 316 g/mol. The maximum absolute atomic E-state index is 12.1. The van der Waals surface area contributed by atoms with Crippen LogP contribution in [-0.4, -0.2) is 17.4 Å². The van der Waals surface area contributed by atoms with Gasteiger partial charge in [0.25, 0.3) is 11.6 Å². The first-order chi connectivity index (χ1) is 11.1. The molecule has 2 rings (SSSR count). The number of halogens is 1. The van der Waals surface area contributed by atoms with Gasteiger partial charge in [0.05, 0.1) is 15.5 Å². The second-order valence-corrected chi connectivity index (χ2v) is 5.53. The molecule has 0 aliphatic carbocycles. The Bertz CT molecular complexity index is 689. The van der Waals surface area contributed by atoms with Gasteiger partial charge in [0.15, 0.2) is 0 Å². The number of benzene rings is 2. The van der Waals surface area contributed by atoms with Gasteiger partial charge in [0.2, 0.25) is 0 Å². The van der Waals surface area contributed by atoms with E-state index in [4.69, 9.17) is 11.6 Å². The standard InChI is InChI=1S/C17H17ClN2O3/c18-16-10-9-14(20(22)23)12-15(16)17(21)19-11-5-4-8-13-6-2-1-3-7-13/h1-3,6-7,9-10,12H,4-5,8,11H2,(H,19,21). The Balaban J connectivity index is 1.81. The van der Waals surface area contributed by atoms with Gasteiger partial charge in [-0.05, 0) is 30.9 Å². The van der Waals surface area contributed by atoms with Crippen LogP contribution in [0.5, 0.6) is 0 Å². The van der Waals surface area contributed by atoms with Crippen LogP contribution in [-0.2, 0) is 6.42 Å². The molecule has 1 N–H and O–H groups in total. The van der Waals surface area contributed by atoms with Crippen LogP contribution < -0.4 is 5.32 Å². The van der Waals surface area contributed by atoms with Gasteiger partial charge in [0, 0.05) is 18.7 Å². The first kappa shape index (κ1) is 17.0. The molecule has 0 aromatic heterocycles. The van der Waals surface area contributed by atoms with E-state index in [1.807, 2.05) is 18.2 Å². The van der Waals surface area contributed by atoms with E-state index in [0.717, 1.165) is 19.3 Å². The number of nitrogens with one attached hydrogen (secondary N) is 1. The van der Waals surface area contributed by atoms with Gasteiger partial charge in [-0.25, -0.2) is 0 Å². The molecule has 1 amide bonds. The Hall–Kier alpha value is -2.40. The van der Waals surface area contributed by atoms with Gasteiger partial charge in [0.1, 0.15) is 0 Å². The van der Waals surface area contributed by atoms with Gasteiger partial charge < -0.3 is 5.32 Å². The fourth-order valence-corrected chi connectivity index (χ4v) is 2.40. The molecular formula is C17H17ClN2O3. The van der Waals surface area contributed by atoms with Crippen LogP contribution in [0.15, 0.2) is 48.5 Å². The summed E-state index contributed by atoms with van der Waals surface area (Å²) in [5.41, 5.74) is 1.24. The lowest BCUT2D eigenvalue weighted by Gasteiger charge is -2.07. The molecule has 0 fully saturated rings. The molecule has 0 atom stereocenters. The third kappa shape index (κ3) is 5.07. The fourth-order valence-electron chi connectivity index (χ4n) is 2.20. The maximum Gasteiger partial charge on any atom is 0.270 e. The van der Waals surface area contributed by atoms with E-state index in [9.17, 15) is 14.9 Å². The Kier molecular flexibility index (Phi) is 6.11. The first-order valence-corrected chi connectivity index (χ1v) is 7.72. The van der Waals surface area contributed by atoms with Crippen LogP contribution >= 0.6 is 11.6 Å². The van der Waals surface area contributed by atoms with E-state index in [0.29, 0.717) is 6.54 Å². The number of amides is 1. The van der Waals surface area contributed by atoms with Crippen LogP contribution in [0.4, 0.5) is 5.69 Å². The summed E-state index contributed by atoms with van der Waals surface area (Å²) in [6.45, 7) is 0.505. The zero-order chi connectivity index (χ0) is 16.7. The number of hydrogen-bond acceptors (Lipinski definition) is 3. The molecule has 0 bridgehead atoms. The minimum Gasteiger partial charge on any atom is -0.352 e. The lowest BCUT2D eigenvalue weighted by Crippen LogP contribution is -2.24. The molecule has 6 heteroatoms. The maximum atomic E-state index is 12.1. The summed E-state index contributed by atoms with van der Waals surface area (Å²) in [5, 5.41) is 13.7. The molecule has 120 valence electrons. The third-order valence-electron chi connectivity index (χ3n) is 3.43. The van der Waals surface area contributed by atoms with Crippen molar-refractivity contribution in [2.75, 3.05) is 6.54 Å². The van der Waals surface area contributed by atoms with Crippen molar-refractivity contribution in [2.45, 2.75) is 19.3 Å². The molecule has 0 spiro atoms. The number of carbonyl (C=O) groups is 1. The highest BCUT2D eigenvalue weighted by molar-refractivity contribution is 6.33. The first-order valence-electron chi connectivity index (χ1n) is 7.34. The summed E-state index contributed by atoms with van der Waals surface area (Å²) < 4.78 is 0. The highest BCUT2D eigenvalue weighted by Crippen LogP contribution is 2.21. The number of aryl methyl sites for hydroxylation is 1. The summed E-state index contributed by atoms with van der Waals surface area (Å²) in [7, 11) is 0. The highest BCUT2D eigenvalue weighted by Gasteiger charge is 2.15. The molecule has 0 heterocycles. The predicted molar refractivity (Wildman–Crippen MR) is 89.8 cm³/mol. The van der Waals surface area contributed by atoms with E-state index in [2.05, 4.69) is 17.4 Å². The summed E-state index contributed by atoms with van der Waals surface area (Å²) >= 11 is 5.93.